The second-order valence-electron chi connectivity index (χ2n) is 11.4. The monoisotopic (exact) mass is 530 g/mol. The van der Waals surface area contributed by atoms with Gasteiger partial charge in [-0.05, 0) is 64.8 Å². The van der Waals surface area contributed by atoms with Crippen molar-refractivity contribution in [3.05, 3.63) is 114 Å². The molecule has 1 aliphatic heterocycles. The number of H-pyrrole nitrogens is 1. The van der Waals surface area contributed by atoms with Crippen molar-refractivity contribution in [1.29, 1.82) is 0 Å². The van der Waals surface area contributed by atoms with Crippen molar-refractivity contribution in [3.63, 3.8) is 0 Å². The SMILES string of the molecule is CC(C)(Cc1ccccc1)C1C(=O)Nc2ccc(-c3cncc(OC[C@@H](N)Cc4c[nH]c5ccccc45)c3)cc21. The van der Waals surface area contributed by atoms with Crippen molar-refractivity contribution in [2.75, 3.05) is 11.9 Å². The predicted octanol–water partition coefficient (Wildman–Crippen LogP) is 6.48. The van der Waals surface area contributed by atoms with E-state index in [1.165, 1.54) is 16.5 Å². The van der Waals surface area contributed by atoms with E-state index in [-0.39, 0.29) is 23.3 Å². The molecule has 0 spiro atoms. The molecule has 0 saturated carbocycles. The van der Waals surface area contributed by atoms with E-state index in [4.69, 9.17) is 10.5 Å². The molecule has 1 unspecified atom stereocenters. The lowest BCUT2D eigenvalue weighted by Crippen LogP contribution is -2.30. The first-order chi connectivity index (χ1) is 19.4. The summed E-state index contributed by atoms with van der Waals surface area (Å²) in [5.74, 6) is 0.465. The van der Waals surface area contributed by atoms with E-state index in [1.807, 2.05) is 60.9 Å². The number of pyridine rings is 1. The Balaban J connectivity index is 1.17. The molecular formula is C34H34N4O2. The van der Waals surface area contributed by atoms with E-state index in [9.17, 15) is 4.79 Å². The largest absolute Gasteiger partial charge is 0.490 e. The van der Waals surface area contributed by atoms with Crippen LogP contribution in [0, 0.1) is 5.41 Å². The lowest BCUT2D eigenvalue weighted by molar-refractivity contribution is -0.119. The summed E-state index contributed by atoms with van der Waals surface area (Å²) >= 11 is 0. The van der Waals surface area contributed by atoms with E-state index in [2.05, 4.69) is 59.5 Å². The van der Waals surface area contributed by atoms with E-state index in [0.717, 1.165) is 34.3 Å². The molecule has 0 aliphatic carbocycles. The number of nitrogens with zero attached hydrogens (tertiary/aromatic N) is 1. The number of anilines is 1. The van der Waals surface area contributed by atoms with Gasteiger partial charge in [-0.15, -0.1) is 0 Å². The zero-order valence-electron chi connectivity index (χ0n) is 22.9. The van der Waals surface area contributed by atoms with Crippen LogP contribution in [0.1, 0.15) is 36.5 Å². The molecule has 1 amide bonds. The molecule has 6 nitrogen and oxygen atoms in total. The van der Waals surface area contributed by atoms with Gasteiger partial charge in [-0.25, -0.2) is 0 Å². The van der Waals surface area contributed by atoms with Crippen LogP contribution < -0.4 is 15.8 Å². The highest BCUT2D eigenvalue weighted by Crippen LogP contribution is 2.46. The second-order valence-corrected chi connectivity index (χ2v) is 11.4. The van der Waals surface area contributed by atoms with Gasteiger partial charge in [-0.2, -0.15) is 0 Å². The number of carbonyl (C=O) groups is 1. The number of nitrogens with two attached hydrogens (primary N) is 1. The average molecular weight is 531 g/mol. The van der Waals surface area contributed by atoms with Gasteiger partial charge in [0.1, 0.15) is 12.4 Å². The number of benzene rings is 3. The molecule has 1 aliphatic rings. The molecule has 4 N–H and O–H groups in total. The van der Waals surface area contributed by atoms with Crippen molar-refractivity contribution in [2.45, 2.75) is 38.6 Å². The summed E-state index contributed by atoms with van der Waals surface area (Å²) in [6, 6.07) is 26.5. The summed E-state index contributed by atoms with van der Waals surface area (Å²) in [4.78, 5) is 20.9. The molecule has 0 fully saturated rings. The Bertz CT molecular complexity index is 1660. The molecular weight excluding hydrogens is 496 g/mol. The Morgan fingerprint density at radius 2 is 1.77 bits per heavy atom. The highest BCUT2D eigenvalue weighted by molar-refractivity contribution is 6.04. The Kier molecular flexibility index (Phi) is 6.86. The number of hydrogen-bond donors (Lipinski definition) is 3. The van der Waals surface area contributed by atoms with E-state index in [0.29, 0.717) is 18.8 Å². The second kappa shape index (κ2) is 10.6. The zero-order valence-corrected chi connectivity index (χ0v) is 22.9. The van der Waals surface area contributed by atoms with Crippen molar-refractivity contribution in [3.8, 4) is 16.9 Å². The number of aromatic nitrogens is 2. The number of ether oxygens (including phenoxy) is 1. The number of nitrogens with one attached hydrogen (secondary N) is 2. The number of carbonyl (C=O) groups excluding carboxylic acids is 1. The van der Waals surface area contributed by atoms with Gasteiger partial charge >= 0.3 is 0 Å². The molecule has 3 aromatic carbocycles. The molecule has 2 atom stereocenters. The molecule has 0 saturated heterocycles. The quantitative estimate of drug-likeness (QED) is 0.203. The van der Waals surface area contributed by atoms with Crippen molar-refractivity contribution in [1.82, 2.24) is 9.97 Å². The van der Waals surface area contributed by atoms with Crippen LogP contribution in [-0.2, 0) is 17.6 Å². The summed E-state index contributed by atoms with van der Waals surface area (Å²) in [6.45, 7) is 4.71. The first-order valence-electron chi connectivity index (χ1n) is 13.7. The lowest BCUT2D eigenvalue weighted by atomic mass is 9.71. The third kappa shape index (κ3) is 5.23. The number of hydrogen-bond acceptors (Lipinski definition) is 4. The van der Waals surface area contributed by atoms with Gasteiger partial charge in [0.2, 0.25) is 5.91 Å². The smallest absolute Gasteiger partial charge is 0.232 e. The summed E-state index contributed by atoms with van der Waals surface area (Å²) in [5.41, 5.74) is 13.5. The van der Waals surface area contributed by atoms with Gasteiger partial charge < -0.3 is 20.8 Å². The van der Waals surface area contributed by atoms with Crippen LogP contribution in [0.3, 0.4) is 0 Å². The van der Waals surface area contributed by atoms with Crippen LogP contribution in [-0.4, -0.2) is 28.5 Å². The fourth-order valence-electron chi connectivity index (χ4n) is 5.94. The third-order valence-corrected chi connectivity index (χ3v) is 7.83. The number of para-hydroxylation sites is 1. The maximum atomic E-state index is 13.1. The maximum absolute atomic E-state index is 13.1. The van der Waals surface area contributed by atoms with Crippen LogP contribution in [0.4, 0.5) is 5.69 Å². The molecule has 40 heavy (non-hydrogen) atoms. The van der Waals surface area contributed by atoms with Crippen molar-refractivity contribution < 1.29 is 9.53 Å². The van der Waals surface area contributed by atoms with Crippen LogP contribution in [0.15, 0.2) is 97.5 Å². The number of fused-ring (bicyclic) bond motifs is 2. The number of rotatable bonds is 9. The first-order valence-corrected chi connectivity index (χ1v) is 13.7. The molecule has 202 valence electrons. The van der Waals surface area contributed by atoms with Crippen LogP contribution in [0.25, 0.3) is 22.0 Å². The minimum Gasteiger partial charge on any atom is -0.490 e. The van der Waals surface area contributed by atoms with Crippen LogP contribution in [0.5, 0.6) is 5.75 Å². The standard InChI is InChI=1S/C34H34N4O2/c1-34(2,17-22-8-4-3-5-9-22)32-29-16-23(12-13-31(29)38-33(32)39)24-15-27(20-36-18-24)40-21-26(35)14-25-19-37-30-11-7-6-10-28(25)30/h3-13,15-16,18-20,26,32,37H,14,17,21,35H2,1-2H3,(H,38,39)/t26-,32?/m0/s1. The van der Waals surface area contributed by atoms with Crippen LogP contribution in [0.2, 0.25) is 0 Å². The summed E-state index contributed by atoms with van der Waals surface area (Å²) in [7, 11) is 0. The maximum Gasteiger partial charge on any atom is 0.232 e. The molecule has 2 aromatic heterocycles. The van der Waals surface area contributed by atoms with E-state index < -0.39 is 0 Å². The number of aromatic amines is 1. The summed E-state index contributed by atoms with van der Waals surface area (Å²) in [5, 5.41) is 4.29. The Morgan fingerprint density at radius 3 is 2.62 bits per heavy atom. The Morgan fingerprint density at radius 1 is 0.975 bits per heavy atom. The Labute approximate surface area is 234 Å². The van der Waals surface area contributed by atoms with E-state index in [1.54, 1.807) is 6.20 Å². The molecule has 0 bridgehead atoms. The van der Waals surface area contributed by atoms with Gasteiger partial charge in [0.15, 0.2) is 0 Å². The number of amides is 1. The topological polar surface area (TPSA) is 93.0 Å². The highest BCUT2D eigenvalue weighted by Gasteiger charge is 2.42. The fraction of sp³-hybridized carbons (Fsp3) is 0.235. The normalized spacial score (nSPS) is 15.6. The van der Waals surface area contributed by atoms with Gasteiger partial charge in [-0.1, -0.05) is 68.4 Å². The van der Waals surface area contributed by atoms with Crippen LogP contribution >= 0.6 is 0 Å². The first kappa shape index (κ1) is 25.8. The summed E-state index contributed by atoms with van der Waals surface area (Å²) < 4.78 is 6.08. The predicted molar refractivity (Wildman–Crippen MR) is 160 cm³/mol. The van der Waals surface area contributed by atoms with Gasteiger partial charge in [0.05, 0.1) is 12.1 Å². The molecule has 5 aromatic rings. The Hall–Kier alpha value is -4.42. The van der Waals surface area contributed by atoms with Gasteiger partial charge in [0.25, 0.3) is 0 Å². The molecule has 0 radical (unpaired) electrons. The lowest BCUT2D eigenvalue weighted by Gasteiger charge is -2.30. The van der Waals surface area contributed by atoms with E-state index >= 15 is 0 Å². The molecule has 6 heteroatoms. The minimum atomic E-state index is -0.264. The summed E-state index contributed by atoms with van der Waals surface area (Å²) in [6.07, 6.45) is 7.08. The zero-order chi connectivity index (χ0) is 27.7. The van der Waals surface area contributed by atoms with Gasteiger partial charge in [-0.3, -0.25) is 9.78 Å². The average Bonchev–Trinajstić information content (AvgIpc) is 3.52. The fourth-order valence-corrected chi connectivity index (χ4v) is 5.94. The molecule has 6 rings (SSSR count). The molecule has 3 heterocycles. The third-order valence-electron chi connectivity index (χ3n) is 7.83. The minimum absolute atomic E-state index is 0.0486. The van der Waals surface area contributed by atoms with Crippen molar-refractivity contribution >= 4 is 22.5 Å². The van der Waals surface area contributed by atoms with Crippen molar-refractivity contribution in [2.24, 2.45) is 11.1 Å². The highest BCUT2D eigenvalue weighted by atomic mass is 16.5. The van der Waals surface area contributed by atoms with Gasteiger partial charge in [0, 0.05) is 40.6 Å².